The smallest absolute Gasteiger partial charge is 0.257 e. The van der Waals surface area contributed by atoms with Crippen molar-refractivity contribution >= 4 is 5.91 Å². The first kappa shape index (κ1) is 14.7. The van der Waals surface area contributed by atoms with Gasteiger partial charge in [0.05, 0.1) is 23.0 Å². The summed E-state index contributed by atoms with van der Waals surface area (Å²) < 4.78 is 1.89. The van der Waals surface area contributed by atoms with Gasteiger partial charge in [-0.2, -0.15) is 5.10 Å². The highest BCUT2D eigenvalue weighted by atomic mass is 16.2. The number of carbonyl (C=O) groups is 1. The Morgan fingerprint density at radius 1 is 1.27 bits per heavy atom. The lowest BCUT2D eigenvalue weighted by atomic mass is 10.0. The van der Waals surface area contributed by atoms with Crippen LogP contribution in [0, 0.1) is 20.8 Å². The Morgan fingerprint density at radius 3 is 2.68 bits per heavy atom. The zero-order valence-electron chi connectivity index (χ0n) is 13.5. The van der Waals surface area contributed by atoms with Gasteiger partial charge >= 0.3 is 0 Å². The van der Waals surface area contributed by atoms with Crippen LogP contribution in [0.3, 0.4) is 0 Å². The van der Waals surface area contributed by atoms with Crippen molar-refractivity contribution in [1.29, 1.82) is 0 Å². The molecule has 0 bridgehead atoms. The molecule has 0 unspecified atom stereocenters. The third kappa shape index (κ3) is 2.28. The number of aryl methyl sites for hydroxylation is 3. The summed E-state index contributed by atoms with van der Waals surface area (Å²) in [5.41, 5.74) is 4.63. The maximum atomic E-state index is 12.9. The molecule has 0 radical (unpaired) electrons. The van der Waals surface area contributed by atoms with Crippen molar-refractivity contribution in [3.05, 3.63) is 40.7 Å². The predicted octanol–water partition coefficient (Wildman–Crippen LogP) is 2.11. The second-order valence-electron chi connectivity index (χ2n) is 5.89. The molecule has 6 heteroatoms. The lowest BCUT2D eigenvalue weighted by Crippen LogP contribution is -2.31. The topological polar surface area (TPSA) is 63.9 Å². The van der Waals surface area contributed by atoms with Crippen molar-refractivity contribution in [2.24, 2.45) is 7.05 Å². The van der Waals surface area contributed by atoms with E-state index in [1.807, 2.05) is 30.5 Å². The summed E-state index contributed by atoms with van der Waals surface area (Å²) in [5.74, 6) is 0.0169. The van der Waals surface area contributed by atoms with Crippen LogP contribution in [0.25, 0.3) is 0 Å². The molecule has 0 aliphatic carbocycles. The van der Waals surface area contributed by atoms with Crippen LogP contribution in [-0.2, 0) is 7.05 Å². The zero-order chi connectivity index (χ0) is 15.9. The van der Waals surface area contributed by atoms with Gasteiger partial charge in [0.1, 0.15) is 6.33 Å². The maximum absolute atomic E-state index is 12.9. The van der Waals surface area contributed by atoms with Gasteiger partial charge in [0, 0.05) is 31.0 Å². The molecule has 2 aromatic heterocycles. The molecule has 0 saturated carbocycles. The quantitative estimate of drug-likeness (QED) is 0.852. The second-order valence-corrected chi connectivity index (χ2v) is 5.89. The van der Waals surface area contributed by atoms with E-state index in [9.17, 15) is 4.79 Å². The summed E-state index contributed by atoms with van der Waals surface area (Å²) in [6.45, 7) is 6.69. The highest BCUT2D eigenvalue weighted by Gasteiger charge is 2.34. The van der Waals surface area contributed by atoms with E-state index >= 15 is 0 Å². The Bertz CT molecular complexity index is 721. The van der Waals surface area contributed by atoms with Gasteiger partial charge < -0.3 is 4.90 Å². The summed E-state index contributed by atoms with van der Waals surface area (Å²) in [5, 5.41) is 4.49. The van der Waals surface area contributed by atoms with Crippen molar-refractivity contribution in [2.45, 2.75) is 39.7 Å². The summed E-state index contributed by atoms with van der Waals surface area (Å²) in [6.07, 6.45) is 5.08. The number of amides is 1. The van der Waals surface area contributed by atoms with Gasteiger partial charge in [-0.25, -0.2) is 9.97 Å². The van der Waals surface area contributed by atoms with E-state index in [1.165, 1.54) is 11.9 Å². The lowest BCUT2D eigenvalue weighted by molar-refractivity contribution is 0.0733. The molecule has 1 amide bonds. The van der Waals surface area contributed by atoms with Gasteiger partial charge in [-0.3, -0.25) is 9.48 Å². The summed E-state index contributed by atoms with van der Waals surface area (Å²) >= 11 is 0. The largest absolute Gasteiger partial charge is 0.331 e. The first-order chi connectivity index (χ1) is 10.5. The third-order valence-electron chi connectivity index (χ3n) is 4.55. The highest BCUT2D eigenvalue weighted by molar-refractivity contribution is 5.95. The molecule has 1 atom stereocenters. The minimum atomic E-state index is 0.0169. The van der Waals surface area contributed by atoms with Crippen molar-refractivity contribution < 1.29 is 4.79 Å². The number of nitrogens with zero attached hydrogens (tertiary/aromatic N) is 5. The first-order valence-corrected chi connectivity index (χ1v) is 7.58. The van der Waals surface area contributed by atoms with Crippen LogP contribution in [0.15, 0.2) is 12.5 Å². The fraction of sp³-hybridized carbons (Fsp3) is 0.500. The summed E-state index contributed by atoms with van der Waals surface area (Å²) in [6, 6.07) is 0.0980. The molecule has 0 spiro atoms. The third-order valence-corrected chi connectivity index (χ3v) is 4.55. The van der Waals surface area contributed by atoms with E-state index in [-0.39, 0.29) is 11.9 Å². The van der Waals surface area contributed by atoms with Gasteiger partial charge in [-0.15, -0.1) is 0 Å². The molecule has 0 aromatic carbocycles. The lowest BCUT2D eigenvalue weighted by Gasteiger charge is -2.25. The average molecular weight is 299 g/mol. The second kappa shape index (κ2) is 5.51. The van der Waals surface area contributed by atoms with Gasteiger partial charge in [0.25, 0.3) is 5.91 Å². The monoisotopic (exact) mass is 299 g/mol. The Morgan fingerprint density at radius 2 is 2.05 bits per heavy atom. The van der Waals surface area contributed by atoms with Crippen molar-refractivity contribution in [1.82, 2.24) is 24.6 Å². The molecule has 3 rings (SSSR count). The van der Waals surface area contributed by atoms with Gasteiger partial charge in [0.15, 0.2) is 0 Å². The fourth-order valence-corrected chi connectivity index (χ4v) is 3.34. The molecule has 1 aliphatic rings. The SMILES string of the molecule is Cc1ncncc1C(=O)N1CCC[C@@H]1c1c(C)nn(C)c1C. The molecule has 3 heterocycles. The summed E-state index contributed by atoms with van der Waals surface area (Å²) in [4.78, 5) is 23.0. The minimum absolute atomic E-state index is 0.0169. The number of aromatic nitrogens is 4. The van der Waals surface area contributed by atoms with E-state index in [1.54, 1.807) is 6.20 Å². The number of carbonyl (C=O) groups excluding carboxylic acids is 1. The average Bonchev–Trinajstić information content (AvgIpc) is 3.04. The standard InChI is InChI=1S/C16H21N5O/c1-10-13(8-17-9-18-10)16(22)21-7-5-6-14(21)15-11(2)19-20(4)12(15)3/h8-9,14H,5-7H2,1-4H3/t14-/m1/s1. The normalized spacial score (nSPS) is 18.0. The van der Waals surface area contributed by atoms with Crippen molar-refractivity contribution in [3.8, 4) is 0 Å². The predicted molar refractivity (Wildman–Crippen MR) is 82.5 cm³/mol. The van der Waals surface area contributed by atoms with E-state index < -0.39 is 0 Å². The van der Waals surface area contributed by atoms with Crippen LogP contribution in [0.2, 0.25) is 0 Å². The van der Waals surface area contributed by atoms with Crippen LogP contribution in [0.5, 0.6) is 0 Å². The minimum Gasteiger partial charge on any atom is -0.331 e. The molecule has 116 valence electrons. The fourth-order valence-electron chi connectivity index (χ4n) is 3.34. The van der Waals surface area contributed by atoms with Crippen molar-refractivity contribution in [3.63, 3.8) is 0 Å². The van der Waals surface area contributed by atoms with E-state index in [0.29, 0.717) is 5.56 Å². The van der Waals surface area contributed by atoms with Crippen LogP contribution in [-0.4, -0.2) is 37.1 Å². The van der Waals surface area contributed by atoms with Crippen LogP contribution < -0.4 is 0 Å². The van der Waals surface area contributed by atoms with Crippen molar-refractivity contribution in [2.75, 3.05) is 6.54 Å². The molecule has 6 nitrogen and oxygen atoms in total. The Hall–Kier alpha value is -2.24. The molecule has 22 heavy (non-hydrogen) atoms. The molecule has 0 N–H and O–H groups in total. The van der Waals surface area contributed by atoms with E-state index in [0.717, 1.165) is 36.5 Å². The molecule has 1 fully saturated rings. The molecule has 1 aliphatic heterocycles. The number of hydrogen-bond acceptors (Lipinski definition) is 4. The van der Waals surface area contributed by atoms with E-state index in [2.05, 4.69) is 22.0 Å². The molecule has 2 aromatic rings. The number of likely N-dealkylation sites (tertiary alicyclic amines) is 1. The zero-order valence-corrected chi connectivity index (χ0v) is 13.5. The Kier molecular flexibility index (Phi) is 3.68. The van der Waals surface area contributed by atoms with Gasteiger partial charge in [-0.1, -0.05) is 0 Å². The number of rotatable bonds is 2. The first-order valence-electron chi connectivity index (χ1n) is 7.58. The Labute approximate surface area is 130 Å². The maximum Gasteiger partial charge on any atom is 0.257 e. The van der Waals surface area contributed by atoms with Crippen LogP contribution >= 0.6 is 0 Å². The van der Waals surface area contributed by atoms with Gasteiger partial charge in [0.2, 0.25) is 0 Å². The molecular weight excluding hydrogens is 278 g/mol. The summed E-state index contributed by atoms with van der Waals surface area (Å²) in [7, 11) is 1.95. The Balaban J connectivity index is 1.97. The molecular formula is C16H21N5O. The van der Waals surface area contributed by atoms with Crippen LogP contribution in [0.1, 0.15) is 51.9 Å². The molecule has 1 saturated heterocycles. The van der Waals surface area contributed by atoms with Crippen LogP contribution in [0.4, 0.5) is 0 Å². The highest BCUT2D eigenvalue weighted by Crippen LogP contribution is 2.36. The van der Waals surface area contributed by atoms with E-state index in [4.69, 9.17) is 0 Å². The van der Waals surface area contributed by atoms with Gasteiger partial charge in [-0.05, 0) is 33.6 Å². The number of hydrogen-bond donors (Lipinski definition) is 0.